The highest BCUT2D eigenvalue weighted by Crippen LogP contribution is 2.10. The number of hydrogen-bond donors (Lipinski definition) is 1. The van der Waals surface area contributed by atoms with Gasteiger partial charge in [0.05, 0.1) is 36.2 Å². The van der Waals surface area contributed by atoms with Crippen LogP contribution in [0.1, 0.15) is 23.2 Å². The van der Waals surface area contributed by atoms with Gasteiger partial charge in [-0.25, -0.2) is 18.1 Å². The number of ether oxygens (including phenoxy) is 1. The van der Waals surface area contributed by atoms with Gasteiger partial charge in [0.15, 0.2) is 0 Å². The first kappa shape index (κ1) is 17.1. The number of thiazole rings is 1. The van der Waals surface area contributed by atoms with Crippen LogP contribution in [0, 0.1) is 0 Å². The molecule has 0 aliphatic rings. The summed E-state index contributed by atoms with van der Waals surface area (Å²) in [6.07, 6.45) is 0.866. The predicted molar refractivity (Wildman–Crippen MR) is 88.2 cm³/mol. The summed E-state index contributed by atoms with van der Waals surface area (Å²) in [7, 11) is -3.34. The molecule has 0 aliphatic carbocycles. The molecule has 0 unspecified atom stereocenters. The molecule has 2 rings (SSSR count). The minimum atomic E-state index is -3.34. The average Bonchev–Trinajstić information content (AvgIpc) is 2.99. The average molecular weight is 340 g/mol. The largest absolute Gasteiger partial charge is 0.376 e. The maximum atomic E-state index is 11.9. The van der Waals surface area contributed by atoms with Gasteiger partial charge in [-0.15, -0.1) is 11.3 Å². The maximum absolute atomic E-state index is 11.9. The summed E-state index contributed by atoms with van der Waals surface area (Å²) in [5, 5.41) is 2.90. The fourth-order valence-electron chi connectivity index (χ4n) is 1.78. The van der Waals surface area contributed by atoms with E-state index >= 15 is 0 Å². The number of benzene rings is 1. The van der Waals surface area contributed by atoms with Crippen LogP contribution >= 0.6 is 11.3 Å². The summed E-state index contributed by atoms with van der Waals surface area (Å²) < 4.78 is 31.7. The molecule has 0 bridgehead atoms. The number of sulfonamides is 1. The number of nitrogens with one attached hydrogen (secondary N) is 1. The smallest absolute Gasteiger partial charge is 0.214 e. The normalized spacial score (nSPS) is 11.7. The van der Waals surface area contributed by atoms with Crippen LogP contribution in [-0.4, -0.2) is 25.8 Å². The zero-order chi connectivity index (χ0) is 15.8. The van der Waals surface area contributed by atoms with E-state index in [1.54, 1.807) is 11.3 Å². The molecule has 22 heavy (non-hydrogen) atoms. The summed E-state index contributed by atoms with van der Waals surface area (Å²) in [6.45, 7) is 2.85. The summed E-state index contributed by atoms with van der Waals surface area (Å²) in [6, 6.07) is 9.67. The van der Waals surface area contributed by atoms with E-state index in [1.165, 1.54) is 0 Å². The SMILES string of the molecule is CCc1nc(CNS(=O)(=O)CCOCc2ccccc2)cs1. The van der Waals surface area contributed by atoms with Crippen LogP contribution in [0.2, 0.25) is 0 Å². The third-order valence-corrected chi connectivity index (χ3v) is 5.31. The van der Waals surface area contributed by atoms with Crippen LogP contribution in [0.4, 0.5) is 0 Å². The van der Waals surface area contributed by atoms with Crippen LogP contribution in [-0.2, 0) is 34.3 Å². The molecule has 0 fully saturated rings. The summed E-state index contributed by atoms with van der Waals surface area (Å²) >= 11 is 1.55. The highest BCUT2D eigenvalue weighted by Gasteiger charge is 2.11. The van der Waals surface area contributed by atoms with E-state index in [0.717, 1.165) is 22.7 Å². The maximum Gasteiger partial charge on any atom is 0.214 e. The van der Waals surface area contributed by atoms with E-state index in [4.69, 9.17) is 4.74 Å². The first-order valence-corrected chi connectivity index (χ1v) is 9.64. The molecule has 120 valence electrons. The van der Waals surface area contributed by atoms with Crippen molar-refractivity contribution in [2.24, 2.45) is 0 Å². The molecule has 0 spiro atoms. The van der Waals surface area contributed by atoms with Crippen molar-refractivity contribution >= 4 is 21.4 Å². The third-order valence-electron chi connectivity index (χ3n) is 2.98. The Morgan fingerprint density at radius 2 is 2.05 bits per heavy atom. The lowest BCUT2D eigenvalue weighted by Gasteiger charge is -2.06. The molecule has 0 aliphatic heterocycles. The second-order valence-electron chi connectivity index (χ2n) is 4.76. The Balaban J connectivity index is 1.69. The molecule has 0 amide bonds. The molecule has 1 heterocycles. The molecule has 5 nitrogen and oxygen atoms in total. The van der Waals surface area contributed by atoms with Crippen molar-refractivity contribution < 1.29 is 13.2 Å². The van der Waals surface area contributed by atoms with E-state index in [-0.39, 0.29) is 18.9 Å². The fraction of sp³-hybridized carbons (Fsp3) is 0.400. The lowest BCUT2D eigenvalue weighted by atomic mass is 10.2. The summed E-state index contributed by atoms with van der Waals surface area (Å²) in [5.41, 5.74) is 1.79. The first-order valence-electron chi connectivity index (χ1n) is 7.11. The molecule has 2 aromatic rings. The number of nitrogens with zero attached hydrogens (tertiary/aromatic N) is 1. The number of rotatable bonds is 9. The Hall–Kier alpha value is -1.28. The minimum Gasteiger partial charge on any atom is -0.376 e. The van der Waals surface area contributed by atoms with Gasteiger partial charge in [0.1, 0.15) is 0 Å². The van der Waals surface area contributed by atoms with E-state index in [0.29, 0.717) is 6.61 Å². The highest BCUT2D eigenvalue weighted by atomic mass is 32.2. The molecule has 7 heteroatoms. The zero-order valence-electron chi connectivity index (χ0n) is 12.5. The predicted octanol–water partition coefficient (Wildman–Crippen LogP) is 2.34. The molecule has 0 radical (unpaired) electrons. The van der Waals surface area contributed by atoms with Crippen molar-refractivity contribution in [1.82, 2.24) is 9.71 Å². The second kappa shape index (κ2) is 8.38. The second-order valence-corrected chi connectivity index (χ2v) is 7.63. The minimum absolute atomic E-state index is 0.0510. The quantitative estimate of drug-likeness (QED) is 0.712. The monoisotopic (exact) mass is 340 g/mol. The Morgan fingerprint density at radius 3 is 2.73 bits per heavy atom. The van der Waals surface area contributed by atoms with Crippen LogP contribution in [0.3, 0.4) is 0 Å². The lowest BCUT2D eigenvalue weighted by Crippen LogP contribution is -2.28. The molecule has 0 saturated heterocycles. The first-order chi connectivity index (χ1) is 10.6. The fourth-order valence-corrected chi connectivity index (χ4v) is 3.38. The van der Waals surface area contributed by atoms with E-state index < -0.39 is 10.0 Å². The Kier molecular flexibility index (Phi) is 6.50. The van der Waals surface area contributed by atoms with Gasteiger partial charge in [0, 0.05) is 5.38 Å². The summed E-state index contributed by atoms with van der Waals surface area (Å²) in [4.78, 5) is 4.33. The molecule has 1 aromatic heterocycles. The van der Waals surface area contributed by atoms with Gasteiger partial charge in [-0.1, -0.05) is 37.3 Å². The van der Waals surface area contributed by atoms with Crippen molar-refractivity contribution in [3.05, 3.63) is 52.0 Å². The molecule has 0 atom stereocenters. The van der Waals surface area contributed by atoms with Gasteiger partial charge in [0.25, 0.3) is 0 Å². The molecule has 1 aromatic carbocycles. The molecule has 1 N–H and O–H groups in total. The van der Waals surface area contributed by atoms with Crippen LogP contribution < -0.4 is 4.72 Å². The Bertz CT molecular complexity index is 669. The summed E-state index contributed by atoms with van der Waals surface area (Å²) in [5.74, 6) is -0.0510. The van der Waals surface area contributed by atoms with Crippen molar-refractivity contribution in [2.45, 2.75) is 26.5 Å². The zero-order valence-corrected chi connectivity index (χ0v) is 14.1. The van der Waals surface area contributed by atoms with Gasteiger partial charge in [-0.05, 0) is 12.0 Å². The van der Waals surface area contributed by atoms with Gasteiger partial charge < -0.3 is 4.74 Å². The lowest BCUT2D eigenvalue weighted by molar-refractivity contribution is 0.135. The number of aryl methyl sites for hydroxylation is 1. The molecular formula is C15H20N2O3S2. The van der Waals surface area contributed by atoms with Crippen LogP contribution in [0.5, 0.6) is 0 Å². The van der Waals surface area contributed by atoms with Gasteiger partial charge >= 0.3 is 0 Å². The van der Waals surface area contributed by atoms with Crippen molar-refractivity contribution in [1.29, 1.82) is 0 Å². The van der Waals surface area contributed by atoms with E-state index in [2.05, 4.69) is 9.71 Å². The van der Waals surface area contributed by atoms with Crippen LogP contribution in [0.15, 0.2) is 35.7 Å². The Labute approximate surface area is 135 Å². The highest BCUT2D eigenvalue weighted by molar-refractivity contribution is 7.89. The van der Waals surface area contributed by atoms with Crippen molar-refractivity contribution in [2.75, 3.05) is 12.4 Å². The van der Waals surface area contributed by atoms with Crippen molar-refractivity contribution in [3.8, 4) is 0 Å². The van der Waals surface area contributed by atoms with Gasteiger partial charge in [-0.3, -0.25) is 0 Å². The van der Waals surface area contributed by atoms with E-state index in [1.807, 2.05) is 42.6 Å². The third kappa shape index (κ3) is 5.84. The Morgan fingerprint density at radius 1 is 1.27 bits per heavy atom. The van der Waals surface area contributed by atoms with Gasteiger partial charge in [0.2, 0.25) is 10.0 Å². The van der Waals surface area contributed by atoms with Crippen LogP contribution in [0.25, 0.3) is 0 Å². The van der Waals surface area contributed by atoms with Crippen molar-refractivity contribution in [3.63, 3.8) is 0 Å². The number of aromatic nitrogens is 1. The number of hydrogen-bond acceptors (Lipinski definition) is 5. The standard InChI is InChI=1S/C15H20N2O3S2/c1-2-15-17-14(12-21-15)10-16-22(18,19)9-8-20-11-13-6-4-3-5-7-13/h3-7,12,16H,2,8-11H2,1H3. The van der Waals surface area contributed by atoms with Gasteiger partial charge in [-0.2, -0.15) is 0 Å². The molecular weight excluding hydrogens is 320 g/mol. The topological polar surface area (TPSA) is 68.3 Å². The van der Waals surface area contributed by atoms with E-state index in [9.17, 15) is 8.42 Å². The molecule has 0 saturated carbocycles.